The van der Waals surface area contributed by atoms with Crippen LogP contribution in [-0.4, -0.2) is 39.3 Å². The molecule has 1 amide bonds. The smallest absolute Gasteiger partial charge is 0.337 e. The number of rotatable bonds is 6. The topological polar surface area (TPSA) is 174 Å². The van der Waals surface area contributed by atoms with Gasteiger partial charge < -0.3 is 24.4 Å². The number of carbonyl (C=O) groups is 2. The number of carbonyl (C=O) groups excluding carboxylic acids is 2. The van der Waals surface area contributed by atoms with Gasteiger partial charge in [0.2, 0.25) is 0 Å². The number of benzene rings is 5. The van der Waals surface area contributed by atoms with Crippen molar-refractivity contribution in [2.45, 2.75) is 12.8 Å². The molecule has 7 aromatic rings. The second-order valence-electron chi connectivity index (χ2n) is 11.2. The van der Waals surface area contributed by atoms with E-state index in [1.807, 2.05) is 12.1 Å². The van der Waals surface area contributed by atoms with Crippen molar-refractivity contribution in [3.05, 3.63) is 149 Å². The minimum absolute atomic E-state index is 0.0469. The van der Waals surface area contributed by atoms with Crippen LogP contribution < -0.4 is 11.2 Å². The van der Waals surface area contributed by atoms with Gasteiger partial charge in [0.05, 0.1) is 48.5 Å². The van der Waals surface area contributed by atoms with Gasteiger partial charge in [0.25, 0.3) is 5.91 Å². The largest absolute Gasteiger partial charge is 0.506 e. The van der Waals surface area contributed by atoms with Gasteiger partial charge in [-0.3, -0.25) is 10.0 Å². The molecule has 0 saturated carbocycles. The van der Waals surface area contributed by atoms with Crippen LogP contribution >= 0.6 is 69.6 Å². The van der Waals surface area contributed by atoms with Gasteiger partial charge in [-0.05, 0) is 53.6 Å². The first-order valence-electron chi connectivity index (χ1n) is 15.4. The van der Waals surface area contributed by atoms with Crippen molar-refractivity contribution >= 4 is 109 Å². The summed E-state index contributed by atoms with van der Waals surface area (Å²) in [5, 5.41) is 19.9. The Kier molecular flexibility index (Phi) is 13.5. The van der Waals surface area contributed by atoms with Gasteiger partial charge in [-0.1, -0.05) is 93.9 Å². The number of aromatic nitrogens is 2. The SMILES string of the molecule is COC(=O)c1cccc(Cc2nc3cc(Cl)c(Cl)cc3o2)c1.Nc1cc(Cl)c(Cl)cc1O.O=C(NO)c1cccc(Cc2nc3cc(Cl)c(Cl)cc3o2)c1. The molecule has 278 valence electrons. The number of phenolic OH excluding ortho intramolecular Hbond substituents is 1. The number of phenols is 1. The summed E-state index contributed by atoms with van der Waals surface area (Å²) in [5.74, 6) is 0.00981. The lowest BCUT2D eigenvalue weighted by Gasteiger charge is -2.01. The molecule has 11 nitrogen and oxygen atoms in total. The molecule has 0 aliphatic rings. The highest BCUT2D eigenvalue weighted by atomic mass is 35.5. The summed E-state index contributed by atoms with van der Waals surface area (Å²) in [6.07, 6.45) is 0.852. The fraction of sp³-hybridized carbons (Fsp3) is 0.0811. The molecule has 5 N–H and O–H groups in total. The molecule has 2 aromatic heterocycles. The van der Waals surface area contributed by atoms with E-state index in [0.29, 0.717) is 88.1 Å². The van der Waals surface area contributed by atoms with Crippen molar-refractivity contribution in [2.24, 2.45) is 0 Å². The Morgan fingerprint density at radius 2 is 1.13 bits per heavy atom. The second kappa shape index (κ2) is 18.1. The number of anilines is 1. The highest BCUT2D eigenvalue weighted by Gasteiger charge is 2.13. The number of esters is 1. The molecule has 7 rings (SSSR count). The number of aromatic hydroxyl groups is 1. The van der Waals surface area contributed by atoms with E-state index in [0.717, 1.165) is 11.1 Å². The summed E-state index contributed by atoms with van der Waals surface area (Å²) in [7, 11) is 1.35. The van der Waals surface area contributed by atoms with Gasteiger partial charge in [0.15, 0.2) is 22.9 Å². The lowest BCUT2D eigenvalue weighted by molar-refractivity contribution is 0.0600. The summed E-state index contributed by atoms with van der Waals surface area (Å²) >= 11 is 34.9. The summed E-state index contributed by atoms with van der Waals surface area (Å²) in [5.41, 5.74) is 12.1. The average Bonchev–Trinajstić information content (AvgIpc) is 3.72. The minimum atomic E-state index is -0.571. The van der Waals surface area contributed by atoms with Gasteiger partial charge in [-0.2, -0.15) is 0 Å². The van der Waals surface area contributed by atoms with Crippen molar-refractivity contribution < 1.29 is 33.5 Å². The Hall–Kier alpha value is -4.72. The van der Waals surface area contributed by atoms with Crippen LogP contribution in [0.2, 0.25) is 30.1 Å². The standard InChI is InChI=1S/C16H11Cl2NO3.C15H10Cl2N2O3.C6H5Cl2NO/c1-21-16(20)10-4-2-3-9(5-10)6-15-19-13-7-11(17)12(18)8-14(13)22-15;16-10-6-12-13(7-11(10)17)22-14(18-12)5-8-2-1-3-9(4-8)15(20)19-21;7-3-1-5(9)6(10)2-4(3)8/h2-5,7-8H,6H2,1H3;1-4,6-7,21H,5H2,(H,19,20);1-2,10H,9H2. The molecular formula is C37H26Cl6N4O7. The fourth-order valence-corrected chi connectivity index (χ4v) is 5.76. The summed E-state index contributed by atoms with van der Waals surface area (Å²) in [6, 6.07) is 23.2. The van der Waals surface area contributed by atoms with Crippen LogP contribution in [0.1, 0.15) is 43.6 Å². The van der Waals surface area contributed by atoms with E-state index < -0.39 is 5.91 Å². The first kappa shape index (κ1) is 40.5. The number of amides is 1. The molecule has 0 atom stereocenters. The molecule has 0 bridgehead atoms. The average molecular weight is 851 g/mol. The monoisotopic (exact) mass is 848 g/mol. The van der Waals surface area contributed by atoms with E-state index in [-0.39, 0.29) is 17.4 Å². The van der Waals surface area contributed by atoms with Crippen molar-refractivity contribution in [3.8, 4) is 5.75 Å². The van der Waals surface area contributed by atoms with Gasteiger partial charge in [-0.25, -0.2) is 20.2 Å². The molecule has 54 heavy (non-hydrogen) atoms. The van der Waals surface area contributed by atoms with Crippen LogP contribution in [0.5, 0.6) is 5.75 Å². The summed E-state index contributed by atoms with van der Waals surface area (Å²) in [4.78, 5) is 31.7. The molecule has 0 aliphatic carbocycles. The number of nitrogen functional groups attached to an aromatic ring is 1. The highest BCUT2D eigenvalue weighted by molar-refractivity contribution is 6.43. The molecule has 0 unspecified atom stereocenters. The van der Waals surface area contributed by atoms with E-state index in [2.05, 4.69) is 9.97 Å². The third-order valence-corrected chi connectivity index (χ3v) is 9.54. The van der Waals surface area contributed by atoms with Crippen molar-refractivity contribution in [2.75, 3.05) is 12.8 Å². The van der Waals surface area contributed by atoms with Crippen LogP contribution in [0.25, 0.3) is 22.2 Å². The molecule has 0 fully saturated rings. The highest BCUT2D eigenvalue weighted by Crippen LogP contribution is 2.32. The van der Waals surface area contributed by atoms with Crippen LogP contribution in [0.4, 0.5) is 5.69 Å². The molecule has 0 spiro atoms. The van der Waals surface area contributed by atoms with Crippen LogP contribution in [0, 0.1) is 0 Å². The minimum Gasteiger partial charge on any atom is -0.506 e. The van der Waals surface area contributed by atoms with Crippen LogP contribution in [0.3, 0.4) is 0 Å². The number of ether oxygens (including phenoxy) is 1. The Morgan fingerprint density at radius 3 is 1.61 bits per heavy atom. The van der Waals surface area contributed by atoms with Gasteiger partial charge in [0.1, 0.15) is 16.8 Å². The number of fused-ring (bicyclic) bond motifs is 2. The number of hydroxylamine groups is 1. The third-order valence-electron chi connectivity index (χ3n) is 7.37. The fourth-order valence-electron chi connectivity index (χ4n) is 4.81. The van der Waals surface area contributed by atoms with Crippen LogP contribution in [0.15, 0.2) is 93.8 Å². The number of methoxy groups -OCH3 is 1. The lowest BCUT2D eigenvalue weighted by atomic mass is 10.1. The first-order chi connectivity index (χ1) is 25.7. The molecule has 0 radical (unpaired) electrons. The van der Waals surface area contributed by atoms with Crippen molar-refractivity contribution in [1.29, 1.82) is 0 Å². The van der Waals surface area contributed by atoms with Gasteiger partial charge in [0, 0.05) is 36.6 Å². The molecule has 0 saturated heterocycles. The predicted molar refractivity (Wildman–Crippen MR) is 210 cm³/mol. The first-order valence-corrected chi connectivity index (χ1v) is 17.6. The predicted octanol–water partition coefficient (Wildman–Crippen LogP) is 10.6. The summed E-state index contributed by atoms with van der Waals surface area (Å²) in [6.45, 7) is 0. The molecule has 2 heterocycles. The number of hydrogen-bond donors (Lipinski definition) is 4. The number of halogens is 6. The van der Waals surface area contributed by atoms with E-state index in [1.54, 1.807) is 66.1 Å². The van der Waals surface area contributed by atoms with E-state index in [1.165, 1.54) is 19.2 Å². The maximum absolute atomic E-state index is 11.5. The second-order valence-corrected chi connectivity index (χ2v) is 13.6. The zero-order valence-corrected chi connectivity index (χ0v) is 32.2. The lowest BCUT2D eigenvalue weighted by Crippen LogP contribution is -2.18. The number of oxazole rings is 2. The third kappa shape index (κ3) is 10.3. The maximum Gasteiger partial charge on any atom is 0.337 e. The van der Waals surface area contributed by atoms with Gasteiger partial charge >= 0.3 is 5.97 Å². The number of nitrogens with two attached hydrogens (primary N) is 1. The van der Waals surface area contributed by atoms with E-state index in [4.69, 9.17) is 99.2 Å². The molecular weight excluding hydrogens is 825 g/mol. The maximum atomic E-state index is 11.5. The van der Waals surface area contributed by atoms with E-state index in [9.17, 15) is 9.59 Å². The Labute approximate surface area is 337 Å². The summed E-state index contributed by atoms with van der Waals surface area (Å²) < 4.78 is 16.0. The Morgan fingerprint density at radius 1 is 0.685 bits per heavy atom. The Bertz CT molecular complexity index is 2220. The zero-order valence-electron chi connectivity index (χ0n) is 27.7. The van der Waals surface area contributed by atoms with Crippen molar-refractivity contribution in [3.63, 3.8) is 0 Å². The number of hydrogen-bond acceptors (Lipinski definition) is 10. The Balaban J connectivity index is 0.000000167. The van der Waals surface area contributed by atoms with E-state index >= 15 is 0 Å². The molecule has 0 aliphatic heterocycles. The van der Waals surface area contributed by atoms with Gasteiger partial charge in [-0.15, -0.1) is 0 Å². The zero-order chi connectivity index (χ0) is 39.1. The number of nitrogens with one attached hydrogen (secondary N) is 1. The molecule has 5 aromatic carbocycles. The quantitative estimate of drug-likeness (QED) is 0.0414. The normalized spacial score (nSPS) is 10.7. The van der Waals surface area contributed by atoms with Crippen LogP contribution in [-0.2, 0) is 17.6 Å². The molecule has 17 heteroatoms. The number of nitrogens with zero attached hydrogens (tertiary/aromatic N) is 2. The van der Waals surface area contributed by atoms with Crippen molar-refractivity contribution in [1.82, 2.24) is 15.4 Å².